The Bertz CT molecular complexity index is 1640. The fraction of sp³-hybridized carbons (Fsp3) is 0.107. The van der Waals surface area contributed by atoms with Gasteiger partial charge in [0.15, 0.2) is 4.80 Å². The van der Waals surface area contributed by atoms with Crippen LogP contribution in [-0.4, -0.2) is 17.6 Å². The third-order valence-electron chi connectivity index (χ3n) is 5.90. The standard InChI is InChI=1S/C28H22BrN3O3S/c1-17-24(26(33)31-21-6-4-3-5-7-21)25(19-10-14-22(35-2)15-11-19)32-27(34)23(36-28(32)30-17)16-18-8-12-20(29)13-9-18/h3-16,25H,1-2H3,(H,31,33)/b23-16+/t25-/m0/s1. The number of aromatic nitrogens is 1. The second-order valence-corrected chi connectivity index (χ2v) is 10.2. The van der Waals surface area contributed by atoms with Crippen LogP contribution in [0.25, 0.3) is 6.08 Å². The summed E-state index contributed by atoms with van der Waals surface area (Å²) in [4.78, 5) is 32.5. The number of hydrogen-bond acceptors (Lipinski definition) is 5. The number of rotatable bonds is 5. The second kappa shape index (κ2) is 10.1. The molecular weight excluding hydrogens is 538 g/mol. The van der Waals surface area contributed by atoms with Gasteiger partial charge in [-0.3, -0.25) is 14.2 Å². The first-order chi connectivity index (χ1) is 17.4. The summed E-state index contributed by atoms with van der Waals surface area (Å²) in [7, 11) is 1.60. The lowest BCUT2D eigenvalue weighted by Crippen LogP contribution is -2.40. The smallest absolute Gasteiger partial charge is 0.271 e. The molecule has 0 fully saturated rings. The highest BCUT2D eigenvalue weighted by Crippen LogP contribution is 2.31. The largest absolute Gasteiger partial charge is 0.497 e. The maximum atomic E-state index is 13.7. The molecule has 0 radical (unpaired) electrons. The van der Waals surface area contributed by atoms with Crippen LogP contribution in [0, 0.1) is 0 Å². The van der Waals surface area contributed by atoms with E-state index in [0.29, 0.717) is 32.0 Å². The molecule has 0 saturated heterocycles. The summed E-state index contributed by atoms with van der Waals surface area (Å²) in [6.07, 6.45) is 1.85. The number of halogens is 1. The van der Waals surface area contributed by atoms with Gasteiger partial charge in [-0.05, 0) is 60.5 Å². The maximum Gasteiger partial charge on any atom is 0.271 e. The number of nitrogens with one attached hydrogen (secondary N) is 1. The van der Waals surface area contributed by atoms with Gasteiger partial charge in [-0.25, -0.2) is 4.99 Å². The van der Waals surface area contributed by atoms with Crippen LogP contribution in [0.5, 0.6) is 5.75 Å². The minimum absolute atomic E-state index is 0.194. The summed E-state index contributed by atoms with van der Waals surface area (Å²) in [5, 5.41) is 2.96. The average Bonchev–Trinajstić information content (AvgIpc) is 3.19. The Hall–Kier alpha value is -3.75. The van der Waals surface area contributed by atoms with Crippen LogP contribution in [-0.2, 0) is 4.79 Å². The van der Waals surface area contributed by atoms with Gasteiger partial charge in [0.2, 0.25) is 0 Å². The van der Waals surface area contributed by atoms with Crippen molar-refractivity contribution in [3.8, 4) is 5.75 Å². The van der Waals surface area contributed by atoms with E-state index in [-0.39, 0.29) is 11.5 Å². The Morgan fingerprint density at radius 3 is 2.42 bits per heavy atom. The molecule has 0 aliphatic carbocycles. The van der Waals surface area contributed by atoms with Gasteiger partial charge in [-0.15, -0.1) is 0 Å². The molecule has 8 heteroatoms. The Balaban J connectivity index is 1.67. The quantitative estimate of drug-likeness (QED) is 0.387. The number of ether oxygens (including phenoxy) is 1. The number of benzene rings is 3. The molecule has 3 aromatic carbocycles. The molecule has 1 aromatic heterocycles. The maximum absolute atomic E-state index is 13.7. The summed E-state index contributed by atoms with van der Waals surface area (Å²) in [6, 6.07) is 23.8. The minimum atomic E-state index is -0.636. The lowest BCUT2D eigenvalue weighted by Gasteiger charge is -2.25. The first kappa shape index (κ1) is 24.0. The fourth-order valence-corrected chi connectivity index (χ4v) is 5.45. The van der Waals surface area contributed by atoms with E-state index in [1.807, 2.05) is 91.9 Å². The molecule has 1 atom stereocenters. The van der Waals surface area contributed by atoms with Crippen LogP contribution in [0.4, 0.5) is 5.69 Å². The number of fused-ring (bicyclic) bond motifs is 1. The number of para-hydroxylation sites is 1. The summed E-state index contributed by atoms with van der Waals surface area (Å²) < 4.78 is 8.45. The zero-order valence-electron chi connectivity index (χ0n) is 19.6. The number of thiazole rings is 1. The summed E-state index contributed by atoms with van der Waals surface area (Å²) in [5.74, 6) is 0.392. The van der Waals surface area contributed by atoms with Gasteiger partial charge in [0.25, 0.3) is 11.5 Å². The molecule has 0 spiro atoms. The van der Waals surface area contributed by atoms with Gasteiger partial charge in [-0.2, -0.15) is 0 Å². The van der Waals surface area contributed by atoms with E-state index >= 15 is 0 Å². The second-order valence-electron chi connectivity index (χ2n) is 8.23. The highest BCUT2D eigenvalue weighted by Gasteiger charge is 2.32. The van der Waals surface area contributed by atoms with Crippen LogP contribution in [0.15, 0.2) is 104 Å². The van der Waals surface area contributed by atoms with Crippen molar-refractivity contribution in [1.29, 1.82) is 0 Å². The van der Waals surface area contributed by atoms with E-state index in [2.05, 4.69) is 26.2 Å². The summed E-state index contributed by atoms with van der Waals surface area (Å²) in [5.41, 5.74) is 3.16. The highest BCUT2D eigenvalue weighted by atomic mass is 79.9. The first-order valence-corrected chi connectivity index (χ1v) is 12.8. The Kier molecular flexibility index (Phi) is 6.71. The van der Waals surface area contributed by atoms with Gasteiger partial charge >= 0.3 is 0 Å². The van der Waals surface area contributed by atoms with Crippen molar-refractivity contribution >= 4 is 44.9 Å². The number of anilines is 1. The van der Waals surface area contributed by atoms with Gasteiger partial charge in [-0.1, -0.05) is 69.7 Å². The van der Waals surface area contributed by atoms with E-state index in [9.17, 15) is 9.59 Å². The topological polar surface area (TPSA) is 72.7 Å². The Morgan fingerprint density at radius 2 is 1.75 bits per heavy atom. The number of methoxy groups -OCH3 is 1. The number of hydrogen-bond donors (Lipinski definition) is 1. The van der Waals surface area contributed by atoms with Crippen molar-refractivity contribution in [3.63, 3.8) is 0 Å². The third-order valence-corrected chi connectivity index (χ3v) is 7.41. The third kappa shape index (κ3) is 4.69. The average molecular weight is 560 g/mol. The summed E-state index contributed by atoms with van der Waals surface area (Å²) >= 11 is 4.76. The molecule has 1 N–H and O–H groups in total. The van der Waals surface area contributed by atoms with Crippen LogP contribution in [0.2, 0.25) is 0 Å². The van der Waals surface area contributed by atoms with Crippen molar-refractivity contribution in [1.82, 2.24) is 4.57 Å². The molecule has 0 bridgehead atoms. The van der Waals surface area contributed by atoms with Gasteiger partial charge in [0, 0.05) is 10.2 Å². The minimum Gasteiger partial charge on any atom is -0.497 e. The molecule has 180 valence electrons. The molecule has 1 aliphatic heterocycles. The lowest BCUT2D eigenvalue weighted by molar-refractivity contribution is -0.113. The number of carbonyl (C=O) groups excluding carboxylic acids is 1. The van der Waals surface area contributed by atoms with Crippen molar-refractivity contribution in [2.75, 3.05) is 12.4 Å². The van der Waals surface area contributed by atoms with Crippen molar-refractivity contribution in [2.45, 2.75) is 13.0 Å². The Morgan fingerprint density at radius 1 is 1.06 bits per heavy atom. The molecule has 0 unspecified atom stereocenters. The molecule has 0 saturated carbocycles. The normalized spacial score (nSPS) is 15.3. The molecule has 1 amide bonds. The summed E-state index contributed by atoms with van der Waals surface area (Å²) in [6.45, 7) is 1.81. The SMILES string of the molecule is COc1ccc([C@H]2C(C(=O)Nc3ccccc3)=C(C)N=c3s/c(=C/c4ccc(Br)cc4)c(=O)n32)cc1. The van der Waals surface area contributed by atoms with Crippen LogP contribution in [0.1, 0.15) is 24.1 Å². The van der Waals surface area contributed by atoms with Crippen LogP contribution in [0.3, 0.4) is 0 Å². The Labute approximate surface area is 220 Å². The van der Waals surface area contributed by atoms with E-state index in [1.165, 1.54) is 11.3 Å². The highest BCUT2D eigenvalue weighted by molar-refractivity contribution is 9.10. The van der Waals surface area contributed by atoms with Crippen LogP contribution >= 0.6 is 27.3 Å². The molecular formula is C28H22BrN3O3S. The predicted molar refractivity (Wildman–Crippen MR) is 146 cm³/mol. The number of amides is 1. The van der Waals surface area contributed by atoms with Crippen molar-refractivity contribution < 1.29 is 9.53 Å². The van der Waals surface area contributed by atoms with Gasteiger partial charge < -0.3 is 10.1 Å². The van der Waals surface area contributed by atoms with Crippen molar-refractivity contribution in [3.05, 3.63) is 125 Å². The first-order valence-electron chi connectivity index (χ1n) is 11.2. The lowest BCUT2D eigenvalue weighted by atomic mass is 9.95. The fourth-order valence-electron chi connectivity index (χ4n) is 4.14. The van der Waals surface area contributed by atoms with Crippen LogP contribution < -0.4 is 24.9 Å². The number of carbonyl (C=O) groups is 1. The van der Waals surface area contributed by atoms with E-state index in [4.69, 9.17) is 4.74 Å². The van der Waals surface area contributed by atoms with E-state index in [1.54, 1.807) is 11.7 Å². The van der Waals surface area contributed by atoms with Crippen molar-refractivity contribution in [2.24, 2.45) is 4.99 Å². The zero-order chi connectivity index (χ0) is 25.2. The zero-order valence-corrected chi connectivity index (χ0v) is 22.0. The van der Waals surface area contributed by atoms with Gasteiger partial charge in [0.1, 0.15) is 5.75 Å². The monoisotopic (exact) mass is 559 g/mol. The number of allylic oxidation sites excluding steroid dienone is 1. The van der Waals surface area contributed by atoms with E-state index < -0.39 is 6.04 Å². The molecule has 5 rings (SSSR count). The van der Waals surface area contributed by atoms with Gasteiger partial charge in [0.05, 0.1) is 29.0 Å². The molecule has 1 aliphatic rings. The molecule has 2 heterocycles. The predicted octanol–water partition coefficient (Wildman–Crippen LogP) is 4.65. The number of nitrogens with zero attached hydrogens (tertiary/aromatic N) is 2. The van der Waals surface area contributed by atoms with E-state index in [0.717, 1.165) is 15.6 Å². The molecule has 4 aromatic rings. The molecule has 6 nitrogen and oxygen atoms in total. The molecule has 36 heavy (non-hydrogen) atoms.